The Morgan fingerprint density at radius 2 is 1.91 bits per heavy atom. The van der Waals surface area contributed by atoms with Crippen molar-refractivity contribution in [3.8, 4) is 5.75 Å². The van der Waals surface area contributed by atoms with E-state index in [2.05, 4.69) is 24.7 Å². The molecule has 0 fully saturated rings. The number of nitrogens with zero attached hydrogens (tertiary/aromatic N) is 1. The van der Waals surface area contributed by atoms with Crippen molar-refractivity contribution in [1.29, 1.82) is 0 Å². The van der Waals surface area contributed by atoms with Gasteiger partial charge in [-0.25, -0.2) is 10.4 Å². The van der Waals surface area contributed by atoms with Gasteiger partial charge in [0.15, 0.2) is 5.54 Å². The molecular formula is C25H33N3O4. The molecular weight excluding hydrogens is 406 g/mol. The SMILES string of the molecule is CC(C)CNNC(=O)[C@@]1(Cc2ccccc2)N=C(c2ccc(OCCCO)cc2)O[C@H]1C. The number of benzene rings is 2. The largest absolute Gasteiger partial charge is 0.494 e. The van der Waals surface area contributed by atoms with Crippen LogP contribution in [0.3, 0.4) is 0 Å². The number of hydrogen-bond donors (Lipinski definition) is 3. The normalized spacial score (nSPS) is 20.0. The highest BCUT2D eigenvalue weighted by Crippen LogP contribution is 2.32. The molecule has 0 unspecified atom stereocenters. The summed E-state index contributed by atoms with van der Waals surface area (Å²) in [6, 6.07) is 17.3. The molecule has 0 spiro atoms. The number of hydrazine groups is 1. The lowest BCUT2D eigenvalue weighted by molar-refractivity contribution is -0.129. The van der Waals surface area contributed by atoms with Gasteiger partial charge >= 0.3 is 0 Å². The highest BCUT2D eigenvalue weighted by atomic mass is 16.5. The van der Waals surface area contributed by atoms with Crippen molar-refractivity contribution in [1.82, 2.24) is 10.9 Å². The molecule has 0 saturated carbocycles. The third-order valence-electron chi connectivity index (χ3n) is 5.36. The summed E-state index contributed by atoms with van der Waals surface area (Å²) in [6.45, 7) is 7.25. The molecule has 1 amide bonds. The van der Waals surface area contributed by atoms with E-state index < -0.39 is 11.6 Å². The van der Waals surface area contributed by atoms with Crippen molar-refractivity contribution >= 4 is 11.8 Å². The lowest BCUT2D eigenvalue weighted by atomic mass is 9.86. The number of aliphatic imine (C=N–C) groups is 1. The summed E-state index contributed by atoms with van der Waals surface area (Å²) in [4.78, 5) is 18.2. The summed E-state index contributed by atoms with van der Waals surface area (Å²) in [5, 5.41) is 8.89. The first kappa shape index (κ1) is 23.8. The topological polar surface area (TPSA) is 92.2 Å². The molecule has 7 nitrogen and oxygen atoms in total. The molecule has 1 heterocycles. The summed E-state index contributed by atoms with van der Waals surface area (Å²) in [5.74, 6) is 1.33. The van der Waals surface area contributed by atoms with Crippen LogP contribution in [0.2, 0.25) is 0 Å². The fraction of sp³-hybridized carbons (Fsp3) is 0.440. The maximum atomic E-state index is 13.3. The molecule has 3 rings (SSSR count). The van der Waals surface area contributed by atoms with E-state index in [-0.39, 0.29) is 12.5 Å². The van der Waals surface area contributed by atoms with Crippen LogP contribution in [-0.4, -0.2) is 48.3 Å². The second kappa shape index (κ2) is 11.1. The van der Waals surface area contributed by atoms with Gasteiger partial charge in [-0.3, -0.25) is 10.2 Å². The van der Waals surface area contributed by atoms with E-state index in [0.29, 0.717) is 43.6 Å². The number of hydrogen-bond acceptors (Lipinski definition) is 6. The summed E-state index contributed by atoms with van der Waals surface area (Å²) in [7, 11) is 0. The van der Waals surface area contributed by atoms with Crippen molar-refractivity contribution < 1.29 is 19.4 Å². The quantitative estimate of drug-likeness (QED) is 0.370. The summed E-state index contributed by atoms with van der Waals surface area (Å²) >= 11 is 0. The number of carbonyl (C=O) groups is 1. The zero-order valence-corrected chi connectivity index (χ0v) is 19.0. The Morgan fingerprint density at radius 3 is 2.56 bits per heavy atom. The van der Waals surface area contributed by atoms with Gasteiger partial charge in [-0.2, -0.15) is 0 Å². The van der Waals surface area contributed by atoms with Crippen LogP contribution in [-0.2, 0) is 16.0 Å². The maximum Gasteiger partial charge on any atom is 0.266 e. The molecule has 0 bridgehead atoms. The first-order valence-corrected chi connectivity index (χ1v) is 11.1. The van der Waals surface area contributed by atoms with E-state index >= 15 is 0 Å². The van der Waals surface area contributed by atoms with Crippen LogP contribution in [0.4, 0.5) is 0 Å². The number of rotatable bonds is 11. The zero-order valence-electron chi connectivity index (χ0n) is 19.0. The van der Waals surface area contributed by atoms with Gasteiger partial charge in [0.1, 0.15) is 11.9 Å². The van der Waals surface area contributed by atoms with Gasteiger partial charge in [0.25, 0.3) is 5.91 Å². The molecule has 2 aromatic carbocycles. The minimum absolute atomic E-state index is 0.0954. The molecule has 0 aliphatic carbocycles. The number of ether oxygens (including phenoxy) is 2. The molecule has 0 radical (unpaired) electrons. The lowest BCUT2D eigenvalue weighted by Crippen LogP contribution is -2.56. The monoisotopic (exact) mass is 439 g/mol. The van der Waals surface area contributed by atoms with Crippen molar-refractivity contribution in [3.63, 3.8) is 0 Å². The second-order valence-electron chi connectivity index (χ2n) is 8.44. The number of nitrogens with one attached hydrogen (secondary N) is 2. The third-order valence-corrected chi connectivity index (χ3v) is 5.36. The van der Waals surface area contributed by atoms with Crippen LogP contribution in [0, 0.1) is 5.92 Å². The fourth-order valence-electron chi connectivity index (χ4n) is 3.49. The Hall–Kier alpha value is -2.90. The van der Waals surface area contributed by atoms with Crippen molar-refractivity contribution in [2.75, 3.05) is 19.8 Å². The molecule has 3 N–H and O–H groups in total. The summed E-state index contributed by atoms with van der Waals surface area (Å²) < 4.78 is 11.7. The van der Waals surface area contributed by atoms with E-state index in [9.17, 15) is 4.79 Å². The predicted molar refractivity (Wildman–Crippen MR) is 125 cm³/mol. The zero-order chi connectivity index (χ0) is 23.0. The van der Waals surface area contributed by atoms with Gasteiger partial charge in [0.05, 0.1) is 6.61 Å². The van der Waals surface area contributed by atoms with Gasteiger partial charge < -0.3 is 14.6 Å². The number of amides is 1. The smallest absolute Gasteiger partial charge is 0.266 e. The Balaban J connectivity index is 1.84. The van der Waals surface area contributed by atoms with E-state index in [4.69, 9.17) is 19.6 Å². The molecule has 172 valence electrons. The average molecular weight is 440 g/mol. The summed E-state index contributed by atoms with van der Waals surface area (Å²) in [5.41, 5.74) is 6.57. The highest BCUT2D eigenvalue weighted by molar-refractivity contribution is 6.00. The molecule has 2 atom stereocenters. The Morgan fingerprint density at radius 1 is 1.19 bits per heavy atom. The fourth-order valence-corrected chi connectivity index (χ4v) is 3.49. The van der Waals surface area contributed by atoms with Crippen LogP contribution in [0.1, 0.15) is 38.3 Å². The second-order valence-corrected chi connectivity index (χ2v) is 8.44. The van der Waals surface area contributed by atoms with Gasteiger partial charge in [-0.05, 0) is 42.7 Å². The number of aliphatic hydroxyl groups excluding tert-OH is 1. The Labute approximate surface area is 189 Å². The highest BCUT2D eigenvalue weighted by Gasteiger charge is 2.50. The van der Waals surface area contributed by atoms with Crippen LogP contribution in [0.15, 0.2) is 59.6 Å². The van der Waals surface area contributed by atoms with Gasteiger partial charge in [0.2, 0.25) is 5.90 Å². The minimum Gasteiger partial charge on any atom is -0.494 e. The average Bonchev–Trinajstić information content (AvgIpc) is 3.12. The van der Waals surface area contributed by atoms with E-state index in [1.165, 1.54) is 0 Å². The maximum absolute atomic E-state index is 13.3. The predicted octanol–water partition coefficient (Wildman–Crippen LogP) is 2.87. The van der Waals surface area contributed by atoms with E-state index in [0.717, 1.165) is 11.1 Å². The van der Waals surface area contributed by atoms with Crippen LogP contribution in [0.5, 0.6) is 5.75 Å². The molecule has 1 aliphatic rings. The number of carbonyl (C=O) groups excluding carboxylic acids is 1. The Bertz CT molecular complexity index is 899. The number of aliphatic hydroxyl groups is 1. The molecule has 1 aliphatic heterocycles. The van der Waals surface area contributed by atoms with Crippen LogP contribution < -0.4 is 15.6 Å². The van der Waals surface area contributed by atoms with Crippen LogP contribution >= 0.6 is 0 Å². The first-order valence-electron chi connectivity index (χ1n) is 11.1. The third kappa shape index (κ3) is 5.87. The standard InChI is InChI=1S/C25H33N3O4/c1-18(2)17-26-28-24(30)25(16-20-8-5-4-6-9-20)19(3)32-23(27-25)21-10-12-22(13-11-21)31-15-7-14-29/h4-6,8-13,18-19,26,29H,7,14-17H2,1-3H3,(H,28,30)/t19-,25-/m0/s1. The van der Waals surface area contributed by atoms with Crippen molar-refractivity contribution in [2.24, 2.45) is 10.9 Å². The first-order chi connectivity index (χ1) is 15.4. The molecule has 32 heavy (non-hydrogen) atoms. The van der Waals surface area contributed by atoms with Crippen molar-refractivity contribution in [3.05, 3.63) is 65.7 Å². The van der Waals surface area contributed by atoms with Crippen LogP contribution in [0.25, 0.3) is 0 Å². The van der Waals surface area contributed by atoms with E-state index in [1.807, 2.05) is 61.5 Å². The van der Waals surface area contributed by atoms with Gasteiger partial charge in [0, 0.05) is 31.6 Å². The molecule has 0 saturated heterocycles. The van der Waals surface area contributed by atoms with E-state index in [1.54, 1.807) is 0 Å². The van der Waals surface area contributed by atoms with Crippen molar-refractivity contribution in [2.45, 2.75) is 45.3 Å². The lowest BCUT2D eigenvalue weighted by Gasteiger charge is -2.28. The van der Waals surface area contributed by atoms with Gasteiger partial charge in [-0.15, -0.1) is 0 Å². The molecule has 0 aromatic heterocycles. The summed E-state index contributed by atoms with van der Waals surface area (Å²) in [6.07, 6.45) is 0.562. The van der Waals surface area contributed by atoms with Gasteiger partial charge in [-0.1, -0.05) is 44.2 Å². The molecule has 2 aromatic rings. The molecule has 7 heteroatoms. The Kier molecular flexibility index (Phi) is 8.25. The minimum atomic E-state index is -1.09.